The molecule has 116 valence electrons. The Morgan fingerprint density at radius 2 is 2.24 bits per heavy atom. The number of rotatable bonds is 6. The first-order valence-electron chi connectivity index (χ1n) is 7.80. The number of hydrogen-bond donors (Lipinski definition) is 1. The number of ether oxygens (including phenoxy) is 1. The Balaban J connectivity index is 1.72. The zero-order valence-corrected chi connectivity index (χ0v) is 13.1. The van der Waals surface area contributed by atoms with E-state index in [1.165, 1.54) is 12.8 Å². The molecule has 1 aromatic rings. The number of nitrogens with zero attached hydrogens (tertiary/aromatic N) is 1. The number of para-hydroxylation sites is 1. The zero-order chi connectivity index (χ0) is 15.1. The number of nitrogens with one attached hydrogen (secondary N) is 1. The van der Waals surface area contributed by atoms with E-state index >= 15 is 0 Å². The molecule has 1 fully saturated rings. The molecular weight excluding hydrogens is 264 g/mol. The summed E-state index contributed by atoms with van der Waals surface area (Å²) in [5.74, 6) is 1.69. The van der Waals surface area contributed by atoms with Gasteiger partial charge >= 0.3 is 0 Å². The average molecular weight is 290 g/mol. The van der Waals surface area contributed by atoms with Crippen LogP contribution >= 0.6 is 0 Å². The highest BCUT2D eigenvalue weighted by Gasteiger charge is 2.16. The Morgan fingerprint density at radius 1 is 1.43 bits per heavy atom. The fourth-order valence-electron chi connectivity index (χ4n) is 2.88. The van der Waals surface area contributed by atoms with Crippen molar-refractivity contribution < 1.29 is 9.53 Å². The number of benzene rings is 1. The van der Waals surface area contributed by atoms with Gasteiger partial charge in [-0.15, -0.1) is 0 Å². The van der Waals surface area contributed by atoms with Crippen molar-refractivity contribution in [3.63, 3.8) is 0 Å². The van der Waals surface area contributed by atoms with E-state index in [0.717, 1.165) is 36.9 Å². The van der Waals surface area contributed by atoms with E-state index in [0.29, 0.717) is 13.0 Å². The summed E-state index contributed by atoms with van der Waals surface area (Å²) in [6, 6.07) is 7.78. The van der Waals surface area contributed by atoms with Crippen molar-refractivity contribution in [1.82, 2.24) is 10.2 Å². The molecule has 0 aromatic heterocycles. The predicted molar refractivity (Wildman–Crippen MR) is 84.3 cm³/mol. The number of hydrogen-bond acceptors (Lipinski definition) is 3. The van der Waals surface area contributed by atoms with Crippen molar-refractivity contribution in [1.29, 1.82) is 0 Å². The molecule has 1 aliphatic rings. The standard InChI is InChI=1S/C17H26N2O2/c1-14-6-5-10-19(13-14)11-9-17(20)18-12-15-7-3-4-8-16(15)21-2/h3-4,7-8,14H,5-6,9-13H2,1-2H3,(H,18,20). The third-order valence-electron chi connectivity index (χ3n) is 4.06. The zero-order valence-electron chi connectivity index (χ0n) is 13.1. The normalized spacial score (nSPS) is 19.2. The number of carbonyl (C=O) groups is 1. The van der Waals surface area contributed by atoms with E-state index in [2.05, 4.69) is 17.1 Å². The maximum Gasteiger partial charge on any atom is 0.221 e. The van der Waals surface area contributed by atoms with Crippen LogP contribution < -0.4 is 10.1 Å². The third kappa shape index (κ3) is 5.05. The topological polar surface area (TPSA) is 41.6 Å². The number of amides is 1. The van der Waals surface area contributed by atoms with Crippen LogP contribution in [0, 0.1) is 5.92 Å². The van der Waals surface area contributed by atoms with Crippen LogP contribution in [0.15, 0.2) is 24.3 Å². The van der Waals surface area contributed by atoms with Crippen molar-refractivity contribution in [2.75, 3.05) is 26.7 Å². The summed E-state index contributed by atoms with van der Waals surface area (Å²) in [6.45, 7) is 5.93. The molecule has 4 nitrogen and oxygen atoms in total. The Labute approximate surface area is 127 Å². The number of likely N-dealkylation sites (tertiary alicyclic amines) is 1. The van der Waals surface area contributed by atoms with Crippen LogP contribution in [0.3, 0.4) is 0 Å². The van der Waals surface area contributed by atoms with E-state index < -0.39 is 0 Å². The van der Waals surface area contributed by atoms with Crippen LogP contribution in [0.2, 0.25) is 0 Å². The molecule has 1 N–H and O–H groups in total. The number of carbonyl (C=O) groups excluding carboxylic acids is 1. The summed E-state index contributed by atoms with van der Waals surface area (Å²) in [4.78, 5) is 14.4. The summed E-state index contributed by atoms with van der Waals surface area (Å²) in [6.07, 6.45) is 3.14. The second kappa shape index (κ2) is 8.03. The lowest BCUT2D eigenvalue weighted by atomic mass is 10.0. The third-order valence-corrected chi connectivity index (χ3v) is 4.06. The largest absolute Gasteiger partial charge is 0.496 e. The molecule has 1 heterocycles. The molecule has 1 unspecified atom stereocenters. The highest BCUT2D eigenvalue weighted by atomic mass is 16.5. The molecule has 1 amide bonds. The lowest BCUT2D eigenvalue weighted by molar-refractivity contribution is -0.121. The van der Waals surface area contributed by atoms with Gasteiger partial charge in [0.2, 0.25) is 5.91 Å². The van der Waals surface area contributed by atoms with Gasteiger partial charge in [0.05, 0.1) is 7.11 Å². The molecule has 0 aliphatic carbocycles. The molecule has 1 aromatic carbocycles. The van der Waals surface area contributed by atoms with Gasteiger partial charge in [0, 0.05) is 31.6 Å². The van der Waals surface area contributed by atoms with Crippen molar-refractivity contribution >= 4 is 5.91 Å². The minimum absolute atomic E-state index is 0.110. The summed E-state index contributed by atoms with van der Waals surface area (Å²) >= 11 is 0. The van der Waals surface area contributed by atoms with E-state index in [9.17, 15) is 4.79 Å². The van der Waals surface area contributed by atoms with Crippen LogP contribution in [-0.2, 0) is 11.3 Å². The first kappa shape index (κ1) is 15.8. The molecule has 0 radical (unpaired) electrons. The van der Waals surface area contributed by atoms with Crippen LogP contribution in [0.1, 0.15) is 31.7 Å². The van der Waals surface area contributed by atoms with Gasteiger partial charge in [-0.05, 0) is 31.4 Å². The van der Waals surface area contributed by atoms with Crippen molar-refractivity contribution in [2.45, 2.75) is 32.7 Å². The molecule has 1 saturated heterocycles. The smallest absolute Gasteiger partial charge is 0.221 e. The molecule has 0 saturated carbocycles. The summed E-state index contributed by atoms with van der Waals surface area (Å²) in [5, 5.41) is 2.98. The Morgan fingerprint density at radius 3 is 3.00 bits per heavy atom. The average Bonchev–Trinajstić information content (AvgIpc) is 2.51. The molecule has 0 bridgehead atoms. The first-order chi connectivity index (χ1) is 10.2. The molecular formula is C17H26N2O2. The SMILES string of the molecule is COc1ccccc1CNC(=O)CCN1CCCC(C)C1. The van der Waals surface area contributed by atoms with Crippen molar-refractivity contribution in [3.8, 4) is 5.75 Å². The van der Waals surface area contributed by atoms with E-state index in [-0.39, 0.29) is 5.91 Å². The van der Waals surface area contributed by atoms with Crippen molar-refractivity contribution in [2.24, 2.45) is 5.92 Å². The minimum atomic E-state index is 0.110. The Hall–Kier alpha value is -1.55. The molecule has 21 heavy (non-hydrogen) atoms. The van der Waals surface area contributed by atoms with Crippen LogP contribution in [0.4, 0.5) is 0 Å². The maximum atomic E-state index is 12.0. The lowest BCUT2D eigenvalue weighted by Gasteiger charge is -2.30. The predicted octanol–water partition coefficient (Wildman–Crippen LogP) is 2.43. The molecule has 4 heteroatoms. The van der Waals surface area contributed by atoms with Gasteiger partial charge in [-0.1, -0.05) is 25.1 Å². The fourth-order valence-corrected chi connectivity index (χ4v) is 2.88. The summed E-state index contributed by atoms with van der Waals surface area (Å²) < 4.78 is 5.29. The Kier molecular flexibility index (Phi) is 6.05. The molecule has 1 aliphatic heterocycles. The summed E-state index contributed by atoms with van der Waals surface area (Å²) in [7, 11) is 1.65. The van der Waals surface area contributed by atoms with Crippen molar-refractivity contribution in [3.05, 3.63) is 29.8 Å². The van der Waals surface area contributed by atoms with E-state index in [4.69, 9.17) is 4.74 Å². The van der Waals surface area contributed by atoms with Gasteiger partial charge < -0.3 is 15.0 Å². The number of methoxy groups -OCH3 is 1. The fraction of sp³-hybridized carbons (Fsp3) is 0.588. The van der Waals surface area contributed by atoms with Crippen LogP contribution in [0.5, 0.6) is 5.75 Å². The molecule has 2 rings (SSSR count). The number of piperidine rings is 1. The quantitative estimate of drug-likeness (QED) is 0.875. The van der Waals surface area contributed by atoms with E-state index in [1.807, 2.05) is 24.3 Å². The van der Waals surface area contributed by atoms with Gasteiger partial charge in [-0.3, -0.25) is 4.79 Å². The molecule has 0 spiro atoms. The van der Waals surface area contributed by atoms with Crippen LogP contribution in [0.25, 0.3) is 0 Å². The maximum absolute atomic E-state index is 12.0. The van der Waals surface area contributed by atoms with Gasteiger partial charge in [0.25, 0.3) is 0 Å². The van der Waals surface area contributed by atoms with Crippen LogP contribution in [-0.4, -0.2) is 37.6 Å². The Bertz CT molecular complexity index is 462. The lowest BCUT2D eigenvalue weighted by Crippen LogP contribution is -2.37. The second-order valence-electron chi connectivity index (χ2n) is 5.89. The summed E-state index contributed by atoms with van der Waals surface area (Å²) in [5.41, 5.74) is 1.01. The van der Waals surface area contributed by atoms with Gasteiger partial charge in [-0.2, -0.15) is 0 Å². The van der Waals surface area contributed by atoms with E-state index in [1.54, 1.807) is 7.11 Å². The molecule has 1 atom stereocenters. The first-order valence-corrected chi connectivity index (χ1v) is 7.80. The minimum Gasteiger partial charge on any atom is -0.496 e. The van der Waals surface area contributed by atoms with Gasteiger partial charge in [0.15, 0.2) is 0 Å². The van der Waals surface area contributed by atoms with Gasteiger partial charge in [0.1, 0.15) is 5.75 Å². The highest BCUT2D eigenvalue weighted by Crippen LogP contribution is 2.17. The highest BCUT2D eigenvalue weighted by molar-refractivity contribution is 5.76. The second-order valence-corrected chi connectivity index (χ2v) is 5.89. The monoisotopic (exact) mass is 290 g/mol. The van der Waals surface area contributed by atoms with Gasteiger partial charge in [-0.25, -0.2) is 0 Å².